The summed E-state index contributed by atoms with van der Waals surface area (Å²) in [7, 11) is 0. The van der Waals surface area contributed by atoms with Crippen molar-refractivity contribution in [2.24, 2.45) is 11.3 Å². The van der Waals surface area contributed by atoms with E-state index in [2.05, 4.69) is 10.6 Å². The van der Waals surface area contributed by atoms with Gasteiger partial charge in [0.2, 0.25) is 5.91 Å². The van der Waals surface area contributed by atoms with Gasteiger partial charge >= 0.3 is 0 Å². The molecule has 140 valence electrons. The number of benzene rings is 2. The van der Waals surface area contributed by atoms with E-state index in [1.54, 1.807) is 36.4 Å². The van der Waals surface area contributed by atoms with E-state index in [9.17, 15) is 14.0 Å². The summed E-state index contributed by atoms with van der Waals surface area (Å²) in [5.41, 5.74) is 0.863. The van der Waals surface area contributed by atoms with Crippen LogP contribution in [0.15, 0.2) is 48.5 Å². The second-order valence-electron chi connectivity index (χ2n) is 7.86. The summed E-state index contributed by atoms with van der Waals surface area (Å²) in [5.74, 6) is -0.712. The van der Waals surface area contributed by atoms with E-state index in [4.69, 9.17) is 11.6 Å². The third-order valence-electron chi connectivity index (χ3n) is 5.96. The van der Waals surface area contributed by atoms with Crippen LogP contribution in [0.3, 0.4) is 0 Å². The van der Waals surface area contributed by atoms with Crippen molar-refractivity contribution in [3.63, 3.8) is 0 Å². The minimum Gasteiger partial charge on any atom is -0.347 e. The van der Waals surface area contributed by atoms with Crippen LogP contribution in [0.2, 0.25) is 5.02 Å². The number of halogens is 2. The first-order valence-corrected chi connectivity index (χ1v) is 9.33. The van der Waals surface area contributed by atoms with Crippen LogP contribution in [0.5, 0.6) is 0 Å². The zero-order valence-electron chi connectivity index (χ0n) is 14.9. The standard InChI is InChI=1S/C21H20ClFN2O2/c1-13(18(26)24-17-7-5-16(23)6-8-17)20-10-21(11-20,12-20)25-19(27)14-3-2-4-15(22)9-14/h2-9,13H,10-12H2,1H3,(H,24,26)(H,25,27)/t13-,20?,21?/m1/s1. The van der Waals surface area contributed by atoms with Gasteiger partial charge in [0.25, 0.3) is 5.91 Å². The van der Waals surface area contributed by atoms with Crippen molar-refractivity contribution in [3.8, 4) is 0 Å². The molecule has 0 spiro atoms. The molecule has 0 aliphatic heterocycles. The molecule has 0 heterocycles. The van der Waals surface area contributed by atoms with E-state index in [0.717, 1.165) is 19.3 Å². The Hall–Kier alpha value is -2.40. The molecule has 3 aliphatic rings. The fourth-order valence-corrected chi connectivity index (χ4v) is 4.65. The number of hydrogen-bond donors (Lipinski definition) is 2. The highest BCUT2D eigenvalue weighted by atomic mass is 35.5. The Kier molecular flexibility index (Phi) is 4.22. The lowest BCUT2D eigenvalue weighted by atomic mass is 9.36. The van der Waals surface area contributed by atoms with E-state index in [0.29, 0.717) is 16.3 Å². The summed E-state index contributed by atoms with van der Waals surface area (Å²) in [5, 5.41) is 6.48. The molecule has 5 rings (SSSR count). The number of anilines is 1. The summed E-state index contributed by atoms with van der Waals surface area (Å²) in [6.45, 7) is 1.92. The van der Waals surface area contributed by atoms with Crippen LogP contribution in [0.25, 0.3) is 0 Å². The summed E-state index contributed by atoms with van der Waals surface area (Å²) in [4.78, 5) is 25.0. The Morgan fingerprint density at radius 2 is 1.78 bits per heavy atom. The molecule has 3 saturated carbocycles. The Labute approximate surface area is 162 Å². The first-order valence-electron chi connectivity index (χ1n) is 8.95. The maximum Gasteiger partial charge on any atom is 0.251 e. The molecule has 27 heavy (non-hydrogen) atoms. The van der Waals surface area contributed by atoms with Crippen molar-refractivity contribution in [2.45, 2.75) is 31.7 Å². The molecule has 0 saturated heterocycles. The summed E-state index contributed by atoms with van der Waals surface area (Å²) < 4.78 is 13.0. The smallest absolute Gasteiger partial charge is 0.251 e. The van der Waals surface area contributed by atoms with Crippen molar-refractivity contribution in [1.82, 2.24) is 5.32 Å². The topological polar surface area (TPSA) is 58.2 Å². The summed E-state index contributed by atoms with van der Waals surface area (Å²) in [6, 6.07) is 12.6. The first-order chi connectivity index (χ1) is 12.8. The molecule has 3 aliphatic carbocycles. The monoisotopic (exact) mass is 386 g/mol. The van der Waals surface area contributed by atoms with Crippen molar-refractivity contribution in [2.75, 3.05) is 5.32 Å². The van der Waals surface area contributed by atoms with Gasteiger partial charge in [-0.3, -0.25) is 9.59 Å². The molecule has 2 aromatic carbocycles. The van der Waals surface area contributed by atoms with E-state index in [-0.39, 0.29) is 34.5 Å². The molecule has 4 nitrogen and oxygen atoms in total. The molecule has 0 unspecified atom stereocenters. The number of rotatable bonds is 5. The highest BCUT2D eigenvalue weighted by Gasteiger charge is 2.71. The van der Waals surface area contributed by atoms with Gasteiger partial charge in [-0.15, -0.1) is 0 Å². The molecule has 2 bridgehead atoms. The normalized spacial score (nSPS) is 26.3. The lowest BCUT2D eigenvalue weighted by molar-refractivity contribution is -0.184. The molecule has 2 N–H and O–H groups in total. The lowest BCUT2D eigenvalue weighted by Gasteiger charge is -2.72. The third kappa shape index (κ3) is 3.21. The number of nitrogens with one attached hydrogen (secondary N) is 2. The number of carbonyl (C=O) groups is 2. The predicted molar refractivity (Wildman–Crippen MR) is 102 cm³/mol. The second-order valence-corrected chi connectivity index (χ2v) is 8.29. The largest absolute Gasteiger partial charge is 0.347 e. The zero-order chi connectivity index (χ0) is 19.2. The van der Waals surface area contributed by atoms with Crippen molar-refractivity contribution >= 4 is 29.1 Å². The summed E-state index contributed by atoms with van der Waals surface area (Å²) >= 11 is 5.95. The Morgan fingerprint density at radius 3 is 2.41 bits per heavy atom. The van der Waals surface area contributed by atoms with Crippen molar-refractivity contribution in [3.05, 3.63) is 64.9 Å². The van der Waals surface area contributed by atoms with E-state index >= 15 is 0 Å². The molecule has 3 fully saturated rings. The fraction of sp³-hybridized carbons (Fsp3) is 0.333. The first kappa shape index (κ1) is 18.0. The second kappa shape index (κ2) is 6.34. The quantitative estimate of drug-likeness (QED) is 0.799. The summed E-state index contributed by atoms with van der Waals surface area (Å²) in [6.07, 6.45) is 2.39. The van der Waals surface area contributed by atoms with Crippen LogP contribution >= 0.6 is 11.6 Å². The van der Waals surface area contributed by atoms with Crippen LogP contribution in [0, 0.1) is 17.2 Å². The number of amides is 2. The van der Waals surface area contributed by atoms with Crippen LogP contribution in [0.4, 0.5) is 10.1 Å². The van der Waals surface area contributed by atoms with Gasteiger partial charge in [0.05, 0.1) is 0 Å². The van der Waals surface area contributed by atoms with Crippen molar-refractivity contribution < 1.29 is 14.0 Å². The molecular formula is C21H20ClFN2O2. The van der Waals surface area contributed by atoms with E-state index < -0.39 is 0 Å². The van der Waals surface area contributed by atoms with Gasteiger partial charge in [-0.2, -0.15) is 0 Å². The average molecular weight is 387 g/mol. The van der Waals surface area contributed by atoms with Gasteiger partial charge in [-0.1, -0.05) is 24.6 Å². The van der Waals surface area contributed by atoms with Gasteiger partial charge < -0.3 is 10.6 Å². The Balaban J connectivity index is 1.33. The SMILES string of the molecule is C[C@H](C(=O)Nc1ccc(F)cc1)C12CC(NC(=O)c3cccc(Cl)c3)(C1)C2. The highest BCUT2D eigenvalue weighted by Crippen LogP contribution is 2.70. The molecule has 2 amide bonds. The minimum absolute atomic E-state index is 0.0638. The lowest BCUT2D eigenvalue weighted by Crippen LogP contribution is -2.77. The fourth-order valence-electron chi connectivity index (χ4n) is 4.46. The van der Waals surface area contributed by atoms with Crippen LogP contribution in [-0.4, -0.2) is 17.4 Å². The molecular weight excluding hydrogens is 367 g/mol. The zero-order valence-corrected chi connectivity index (χ0v) is 15.6. The number of carbonyl (C=O) groups excluding carboxylic acids is 2. The average Bonchev–Trinajstić information content (AvgIpc) is 2.58. The Morgan fingerprint density at radius 1 is 1.11 bits per heavy atom. The highest BCUT2D eigenvalue weighted by molar-refractivity contribution is 6.31. The molecule has 0 aromatic heterocycles. The third-order valence-corrected chi connectivity index (χ3v) is 6.20. The number of hydrogen-bond acceptors (Lipinski definition) is 2. The van der Waals surface area contributed by atoms with E-state index in [1.165, 1.54) is 12.1 Å². The van der Waals surface area contributed by atoms with Crippen LogP contribution in [0.1, 0.15) is 36.5 Å². The van der Waals surface area contributed by atoms with Gasteiger partial charge in [0, 0.05) is 27.7 Å². The minimum atomic E-state index is -0.335. The molecule has 6 heteroatoms. The van der Waals surface area contributed by atoms with Crippen LogP contribution < -0.4 is 10.6 Å². The predicted octanol–water partition coefficient (Wildman–Crippen LogP) is 4.41. The maximum atomic E-state index is 13.0. The Bertz CT molecular complexity index is 893. The van der Waals surface area contributed by atoms with Gasteiger partial charge in [-0.05, 0) is 67.1 Å². The van der Waals surface area contributed by atoms with Gasteiger partial charge in [0.15, 0.2) is 0 Å². The van der Waals surface area contributed by atoms with Crippen molar-refractivity contribution in [1.29, 1.82) is 0 Å². The van der Waals surface area contributed by atoms with Crippen LogP contribution in [-0.2, 0) is 4.79 Å². The maximum absolute atomic E-state index is 13.0. The molecule has 1 atom stereocenters. The van der Waals surface area contributed by atoms with Gasteiger partial charge in [0.1, 0.15) is 5.82 Å². The molecule has 0 radical (unpaired) electrons. The molecule has 2 aromatic rings. The van der Waals surface area contributed by atoms with Gasteiger partial charge in [-0.25, -0.2) is 4.39 Å². The van der Waals surface area contributed by atoms with E-state index in [1.807, 2.05) is 6.92 Å².